The average molecular weight is 277 g/mol. The number of hydrogen-bond acceptors (Lipinski definition) is 4. The van der Waals surface area contributed by atoms with Crippen molar-refractivity contribution < 1.29 is 9.53 Å². The summed E-state index contributed by atoms with van der Waals surface area (Å²) >= 11 is 0. The summed E-state index contributed by atoms with van der Waals surface area (Å²) in [5.41, 5.74) is 8.17. The van der Waals surface area contributed by atoms with Gasteiger partial charge >= 0.3 is 0 Å². The highest BCUT2D eigenvalue weighted by atomic mass is 16.5. The fourth-order valence-electron chi connectivity index (χ4n) is 2.41. The second-order valence-corrected chi connectivity index (χ2v) is 5.45. The number of hydrogen-bond donors (Lipinski definition) is 2. The maximum atomic E-state index is 12.0. The van der Waals surface area contributed by atoms with Crippen LogP contribution in [0.2, 0.25) is 0 Å². The molecule has 20 heavy (non-hydrogen) atoms. The lowest BCUT2D eigenvalue weighted by atomic mass is 10.2. The first-order valence-electron chi connectivity index (χ1n) is 7.00. The third-order valence-electron chi connectivity index (χ3n) is 3.49. The Morgan fingerprint density at radius 2 is 2.35 bits per heavy atom. The summed E-state index contributed by atoms with van der Waals surface area (Å²) in [5.74, 6) is -0.0285. The van der Waals surface area contributed by atoms with Crippen molar-refractivity contribution in [1.82, 2.24) is 4.90 Å². The summed E-state index contributed by atoms with van der Waals surface area (Å²) < 4.78 is 5.57. The number of anilines is 2. The Kier molecular flexibility index (Phi) is 4.98. The SMILES string of the molecule is Cc1ccc(N)cc1NC(=O)CN(C)CC1CCCO1. The Morgan fingerprint density at radius 3 is 3.05 bits per heavy atom. The number of ether oxygens (including phenoxy) is 1. The van der Waals surface area contributed by atoms with Crippen LogP contribution in [0.25, 0.3) is 0 Å². The molecule has 2 rings (SSSR count). The van der Waals surface area contributed by atoms with Crippen molar-refractivity contribution in [2.75, 3.05) is 37.8 Å². The highest BCUT2D eigenvalue weighted by Crippen LogP contribution is 2.18. The smallest absolute Gasteiger partial charge is 0.238 e. The molecule has 1 amide bonds. The Balaban J connectivity index is 1.83. The van der Waals surface area contributed by atoms with Crippen LogP contribution in [0.4, 0.5) is 11.4 Å². The fourth-order valence-corrected chi connectivity index (χ4v) is 2.41. The van der Waals surface area contributed by atoms with Gasteiger partial charge in [0.25, 0.3) is 0 Å². The minimum absolute atomic E-state index is 0.0285. The third-order valence-corrected chi connectivity index (χ3v) is 3.49. The van der Waals surface area contributed by atoms with Crippen LogP contribution in [-0.4, -0.2) is 43.7 Å². The molecular weight excluding hydrogens is 254 g/mol. The van der Waals surface area contributed by atoms with Gasteiger partial charge in [-0.3, -0.25) is 9.69 Å². The molecule has 0 spiro atoms. The summed E-state index contributed by atoms with van der Waals surface area (Å²) in [7, 11) is 1.94. The second kappa shape index (κ2) is 6.72. The molecule has 110 valence electrons. The van der Waals surface area contributed by atoms with Gasteiger partial charge in [0, 0.05) is 24.5 Å². The van der Waals surface area contributed by atoms with E-state index in [1.807, 2.05) is 31.0 Å². The maximum absolute atomic E-state index is 12.0. The van der Waals surface area contributed by atoms with E-state index in [0.29, 0.717) is 12.2 Å². The standard InChI is InChI=1S/C15H23N3O2/c1-11-5-6-12(16)8-14(11)17-15(19)10-18(2)9-13-4-3-7-20-13/h5-6,8,13H,3-4,7,9-10,16H2,1-2H3,(H,17,19). The Labute approximate surface area is 120 Å². The Morgan fingerprint density at radius 1 is 1.55 bits per heavy atom. The molecule has 1 aliphatic rings. The van der Waals surface area contributed by atoms with Crippen molar-refractivity contribution in [3.63, 3.8) is 0 Å². The van der Waals surface area contributed by atoms with E-state index in [-0.39, 0.29) is 12.0 Å². The van der Waals surface area contributed by atoms with E-state index in [1.165, 1.54) is 0 Å². The van der Waals surface area contributed by atoms with Crippen LogP contribution in [0.3, 0.4) is 0 Å². The van der Waals surface area contributed by atoms with Crippen molar-refractivity contribution in [3.8, 4) is 0 Å². The van der Waals surface area contributed by atoms with Crippen LogP contribution in [0.1, 0.15) is 18.4 Å². The first-order chi connectivity index (χ1) is 9.54. The van der Waals surface area contributed by atoms with Gasteiger partial charge in [-0.1, -0.05) is 6.07 Å². The maximum Gasteiger partial charge on any atom is 0.238 e. The van der Waals surface area contributed by atoms with E-state index in [1.54, 1.807) is 6.07 Å². The summed E-state index contributed by atoms with van der Waals surface area (Å²) in [5, 5.41) is 2.91. The molecule has 1 heterocycles. The van der Waals surface area contributed by atoms with Gasteiger partial charge in [0.15, 0.2) is 0 Å². The van der Waals surface area contributed by atoms with Crippen LogP contribution in [0, 0.1) is 6.92 Å². The zero-order chi connectivity index (χ0) is 14.5. The van der Waals surface area contributed by atoms with Crippen LogP contribution in [0.5, 0.6) is 0 Å². The molecule has 0 radical (unpaired) electrons. The molecular formula is C15H23N3O2. The van der Waals surface area contributed by atoms with Gasteiger partial charge in [-0.2, -0.15) is 0 Å². The number of nitrogens with zero attached hydrogens (tertiary/aromatic N) is 1. The van der Waals surface area contributed by atoms with Crippen molar-refractivity contribution in [1.29, 1.82) is 0 Å². The average Bonchev–Trinajstić information content (AvgIpc) is 2.86. The molecule has 1 atom stereocenters. The zero-order valence-corrected chi connectivity index (χ0v) is 12.2. The second-order valence-electron chi connectivity index (χ2n) is 5.45. The molecule has 1 saturated heterocycles. The fraction of sp³-hybridized carbons (Fsp3) is 0.533. The number of benzene rings is 1. The monoisotopic (exact) mass is 277 g/mol. The zero-order valence-electron chi connectivity index (χ0n) is 12.2. The van der Waals surface area contributed by atoms with Gasteiger partial charge in [0.1, 0.15) is 0 Å². The number of nitrogens with two attached hydrogens (primary N) is 1. The van der Waals surface area contributed by atoms with Gasteiger partial charge in [-0.25, -0.2) is 0 Å². The summed E-state index contributed by atoms with van der Waals surface area (Å²) in [6.45, 7) is 3.94. The van der Waals surface area contributed by atoms with Crippen molar-refractivity contribution >= 4 is 17.3 Å². The molecule has 1 fully saturated rings. The van der Waals surface area contributed by atoms with Crippen molar-refractivity contribution in [2.24, 2.45) is 0 Å². The molecule has 3 N–H and O–H groups in total. The largest absolute Gasteiger partial charge is 0.399 e. The van der Waals surface area contributed by atoms with Crippen molar-refractivity contribution in [3.05, 3.63) is 23.8 Å². The highest BCUT2D eigenvalue weighted by Gasteiger charge is 2.18. The Hall–Kier alpha value is -1.59. The normalized spacial score (nSPS) is 18.4. The number of rotatable bonds is 5. The summed E-state index contributed by atoms with van der Waals surface area (Å²) in [4.78, 5) is 14.0. The van der Waals surface area contributed by atoms with Gasteiger partial charge < -0.3 is 15.8 Å². The molecule has 1 aliphatic heterocycles. The number of nitrogens with one attached hydrogen (secondary N) is 1. The summed E-state index contributed by atoms with van der Waals surface area (Å²) in [6.07, 6.45) is 2.47. The molecule has 1 aromatic carbocycles. The first kappa shape index (κ1) is 14.8. The molecule has 1 aromatic rings. The molecule has 5 heteroatoms. The lowest BCUT2D eigenvalue weighted by Crippen LogP contribution is -2.35. The Bertz CT molecular complexity index is 470. The van der Waals surface area contributed by atoms with Crippen LogP contribution >= 0.6 is 0 Å². The van der Waals surface area contributed by atoms with E-state index in [0.717, 1.165) is 37.2 Å². The van der Waals surface area contributed by atoms with Gasteiger partial charge in [-0.15, -0.1) is 0 Å². The topological polar surface area (TPSA) is 67.6 Å². The number of carbonyl (C=O) groups is 1. The number of carbonyl (C=O) groups excluding carboxylic acids is 1. The minimum Gasteiger partial charge on any atom is -0.399 e. The molecule has 0 aromatic heterocycles. The quantitative estimate of drug-likeness (QED) is 0.803. The lowest BCUT2D eigenvalue weighted by molar-refractivity contribution is -0.117. The van der Waals surface area contributed by atoms with E-state index in [9.17, 15) is 4.79 Å². The van der Waals surface area contributed by atoms with E-state index < -0.39 is 0 Å². The molecule has 5 nitrogen and oxygen atoms in total. The van der Waals surface area contributed by atoms with Gasteiger partial charge in [-0.05, 0) is 44.5 Å². The molecule has 0 saturated carbocycles. The van der Waals surface area contributed by atoms with E-state index in [4.69, 9.17) is 10.5 Å². The molecule has 1 unspecified atom stereocenters. The molecule has 0 aliphatic carbocycles. The summed E-state index contributed by atoms with van der Waals surface area (Å²) in [6, 6.07) is 5.52. The number of aryl methyl sites for hydroxylation is 1. The molecule has 0 bridgehead atoms. The number of amides is 1. The van der Waals surface area contributed by atoms with Gasteiger partial charge in [0.2, 0.25) is 5.91 Å². The van der Waals surface area contributed by atoms with Gasteiger partial charge in [0.05, 0.1) is 12.6 Å². The van der Waals surface area contributed by atoms with Crippen LogP contribution < -0.4 is 11.1 Å². The first-order valence-corrected chi connectivity index (χ1v) is 7.00. The lowest BCUT2D eigenvalue weighted by Gasteiger charge is -2.20. The predicted molar refractivity (Wildman–Crippen MR) is 80.7 cm³/mol. The number of likely N-dealkylation sites (N-methyl/N-ethyl adjacent to an activating group) is 1. The number of nitrogen functional groups attached to an aromatic ring is 1. The van der Waals surface area contributed by atoms with Crippen LogP contribution in [0.15, 0.2) is 18.2 Å². The minimum atomic E-state index is -0.0285. The van der Waals surface area contributed by atoms with E-state index in [2.05, 4.69) is 5.32 Å². The highest BCUT2D eigenvalue weighted by molar-refractivity contribution is 5.93. The predicted octanol–water partition coefficient (Wildman–Crippen LogP) is 1.63. The third kappa shape index (κ3) is 4.21. The van der Waals surface area contributed by atoms with E-state index >= 15 is 0 Å². The van der Waals surface area contributed by atoms with Crippen molar-refractivity contribution in [2.45, 2.75) is 25.9 Å². The van der Waals surface area contributed by atoms with Crippen LogP contribution in [-0.2, 0) is 9.53 Å².